The molecule has 1 amide bonds. The van der Waals surface area contributed by atoms with Gasteiger partial charge in [-0.2, -0.15) is 5.10 Å². The lowest BCUT2D eigenvalue weighted by atomic mass is 10.2. The number of hydrogen-bond donors (Lipinski definition) is 2. The quantitative estimate of drug-likeness (QED) is 0.727. The number of nitrogens with one attached hydrogen (secondary N) is 2. The van der Waals surface area contributed by atoms with Crippen molar-refractivity contribution in [3.05, 3.63) is 5.69 Å². The first kappa shape index (κ1) is 10.0. The number of carbonyl (C=O) groups is 1. The summed E-state index contributed by atoms with van der Waals surface area (Å²) in [6, 6.07) is 0.145. The zero-order valence-electron chi connectivity index (χ0n) is 9.29. The van der Waals surface area contributed by atoms with Crippen molar-refractivity contribution in [2.24, 2.45) is 7.05 Å². The molecule has 1 aliphatic heterocycles. The van der Waals surface area contributed by atoms with Gasteiger partial charge in [-0.05, 0) is 13.3 Å². The van der Waals surface area contributed by atoms with E-state index in [1.54, 1.807) is 4.68 Å². The van der Waals surface area contributed by atoms with Gasteiger partial charge in [0.15, 0.2) is 0 Å². The van der Waals surface area contributed by atoms with E-state index in [1.807, 2.05) is 20.9 Å². The fourth-order valence-electron chi connectivity index (χ4n) is 1.88. The number of hydrogen-bond acceptors (Lipinski definition) is 3. The zero-order valence-corrected chi connectivity index (χ0v) is 9.29. The van der Waals surface area contributed by atoms with Gasteiger partial charge in [0.2, 0.25) is 5.91 Å². The molecule has 1 aromatic rings. The molecule has 2 N–H and O–H groups in total. The van der Waals surface area contributed by atoms with Gasteiger partial charge in [-0.25, -0.2) is 0 Å². The predicted octanol–water partition coefficient (Wildman–Crippen LogP) is 1.13. The van der Waals surface area contributed by atoms with E-state index in [9.17, 15) is 4.79 Å². The third-order valence-corrected chi connectivity index (χ3v) is 2.59. The fourth-order valence-corrected chi connectivity index (χ4v) is 1.88. The van der Waals surface area contributed by atoms with Crippen molar-refractivity contribution in [3.8, 4) is 0 Å². The van der Waals surface area contributed by atoms with Crippen LogP contribution in [0, 0.1) is 0 Å². The molecule has 2 heterocycles. The fraction of sp³-hybridized carbons (Fsp3) is 0.600. The van der Waals surface area contributed by atoms with Crippen LogP contribution in [0.15, 0.2) is 0 Å². The standard InChI is InChI=1S/C10H16N4O/c1-4-7-9-10(14(3)13-7)11-6(2)5-8(15)12-9/h6,11H,4-5H2,1-3H3,(H,12,15). The van der Waals surface area contributed by atoms with Gasteiger partial charge in [-0.3, -0.25) is 9.48 Å². The number of amides is 1. The van der Waals surface area contributed by atoms with Gasteiger partial charge in [-0.1, -0.05) is 6.92 Å². The van der Waals surface area contributed by atoms with E-state index < -0.39 is 0 Å². The molecular formula is C10H16N4O. The van der Waals surface area contributed by atoms with Crippen molar-refractivity contribution in [2.75, 3.05) is 10.6 Å². The van der Waals surface area contributed by atoms with Crippen LogP contribution in [-0.4, -0.2) is 21.7 Å². The van der Waals surface area contributed by atoms with Crippen LogP contribution in [0.3, 0.4) is 0 Å². The number of aryl methyl sites for hydroxylation is 2. The summed E-state index contributed by atoms with van der Waals surface area (Å²) in [4.78, 5) is 11.5. The van der Waals surface area contributed by atoms with Crippen LogP contribution in [0.25, 0.3) is 0 Å². The lowest BCUT2D eigenvalue weighted by Crippen LogP contribution is -2.20. The lowest BCUT2D eigenvalue weighted by molar-refractivity contribution is -0.116. The molecule has 0 aliphatic carbocycles. The zero-order chi connectivity index (χ0) is 11.0. The number of carbonyl (C=O) groups excluding carboxylic acids is 1. The Morgan fingerprint density at radius 1 is 1.60 bits per heavy atom. The topological polar surface area (TPSA) is 59.0 Å². The summed E-state index contributed by atoms with van der Waals surface area (Å²) in [5.41, 5.74) is 1.77. The van der Waals surface area contributed by atoms with Gasteiger partial charge in [0.05, 0.1) is 5.69 Å². The van der Waals surface area contributed by atoms with Crippen molar-refractivity contribution in [2.45, 2.75) is 32.7 Å². The third kappa shape index (κ3) is 1.69. The maximum atomic E-state index is 11.5. The van der Waals surface area contributed by atoms with Crippen LogP contribution in [-0.2, 0) is 18.3 Å². The minimum atomic E-state index is 0.0523. The molecule has 0 spiro atoms. The van der Waals surface area contributed by atoms with Crippen molar-refractivity contribution < 1.29 is 4.79 Å². The number of anilines is 2. The molecule has 1 atom stereocenters. The molecule has 0 bridgehead atoms. The maximum absolute atomic E-state index is 11.5. The first-order valence-electron chi connectivity index (χ1n) is 5.24. The Hall–Kier alpha value is -1.52. The van der Waals surface area contributed by atoms with Gasteiger partial charge in [0.25, 0.3) is 0 Å². The first-order chi connectivity index (χ1) is 7.11. The largest absolute Gasteiger partial charge is 0.366 e. The average molecular weight is 208 g/mol. The molecule has 82 valence electrons. The van der Waals surface area contributed by atoms with Crippen molar-refractivity contribution in [1.29, 1.82) is 0 Å². The van der Waals surface area contributed by atoms with Gasteiger partial charge >= 0.3 is 0 Å². The lowest BCUT2D eigenvalue weighted by Gasteiger charge is -2.10. The Morgan fingerprint density at radius 3 is 3.00 bits per heavy atom. The van der Waals surface area contributed by atoms with E-state index in [0.717, 1.165) is 23.6 Å². The van der Waals surface area contributed by atoms with Crippen LogP contribution in [0.5, 0.6) is 0 Å². The molecule has 0 aromatic carbocycles. The SMILES string of the molecule is CCc1nn(C)c2c1NC(=O)CC(C)N2. The summed E-state index contributed by atoms with van der Waals surface area (Å²) in [6.45, 7) is 4.02. The van der Waals surface area contributed by atoms with E-state index in [-0.39, 0.29) is 11.9 Å². The van der Waals surface area contributed by atoms with E-state index in [0.29, 0.717) is 6.42 Å². The van der Waals surface area contributed by atoms with Crippen molar-refractivity contribution in [1.82, 2.24) is 9.78 Å². The van der Waals surface area contributed by atoms with Crippen LogP contribution < -0.4 is 10.6 Å². The summed E-state index contributed by atoms with van der Waals surface area (Å²) < 4.78 is 1.79. The second kappa shape index (κ2) is 3.56. The van der Waals surface area contributed by atoms with Gasteiger partial charge in [0, 0.05) is 19.5 Å². The second-order valence-electron chi connectivity index (χ2n) is 3.95. The third-order valence-electron chi connectivity index (χ3n) is 2.59. The van der Waals surface area contributed by atoms with E-state index in [1.165, 1.54) is 0 Å². The summed E-state index contributed by atoms with van der Waals surface area (Å²) >= 11 is 0. The van der Waals surface area contributed by atoms with E-state index >= 15 is 0 Å². The number of aromatic nitrogens is 2. The highest BCUT2D eigenvalue weighted by Crippen LogP contribution is 2.29. The number of fused-ring (bicyclic) bond motifs is 1. The highest BCUT2D eigenvalue weighted by atomic mass is 16.1. The highest BCUT2D eigenvalue weighted by molar-refractivity contribution is 5.96. The maximum Gasteiger partial charge on any atom is 0.226 e. The Morgan fingerprint density at radius 2 is 2.33 bits per heavy atom. The molecule has 5 heteroatoms. The van der Waals surface area contributed by atoms with Crippen LogP contribution in [0.1, 0.15) is 26.0 Å². The molecule has 1 unspecified atom stereocenters. The summed E-state index contributed by atoms with van der Waals surface area (Å²) in [5.74, 6) is 0.960. The molecule has 0 saturated heterocycles. The van der Waals surface area contributed by atoms with Gasteiger partial charge in [-0.15, -0.1) is 0 Å². The number of rotatable bonds is 1. The summed E-state index contributed by atoms with van der Waals surface area (Å²) in [6.07, 6.45) is 1.32. The molecule has 1 aromatic heterocycles. The Kier molecular flexibility index (Phi) is 2.38. The Labute approximate surface area is 88.8 Å². The molecule has 1 aliphatic rings. The molecule has 2 rings (SSSR count). The first-order valence-corrected chi connectivity index (χ1v) is 5.24. The molecule has 5 nitrogen and oxygen atoms in total. The molecule has 0 radical (unpaired) electrons. The van der Waals surface area contributed by atoms with Crippen molar-refractivity contribution >= 4 is 17.4 Å². The minimum Gasteiger partial charge on any atom is -0.366 e. The normalized spacial score (nSPS) is 20.2. The molecular weight excluding hydrogens is 192 g/mol. The second-order valence-corrected chi connectivity index (χ2v) is 3.95. The van der Waals surface area contributed by atoms with Crippen molar-refractivity contribution in [3.63, 3.8) is 0 Å². The monoisotopic (exact) mass is 208 g/mol. The Balaban J connectivity index is 2.47. The van der Waals surface area contributed by atoms with Crippen LogP contribution in [0.4, 0.5) is 11.5 Å². The smallest absolute Gasteiger partial charge is 0.226 e. The van der Waals surface area contributed by atoms with E-state index in [4.69, 9.17) is 0 Å². The van der Waals surface area contributed by atoms with Gasteiger partial charge < -0.3 is 10.6 Å². The molecule has 15 heavy (non-hydrogen) atoms. The minimum absolute atomic E-state index is 0.0523. The van der Waals surface area contributed by atoms with Crippen LogP contribution >= 0.6 is 0 Å². The van der Waals surface area contributed by atoms with Crippen LogP contribution in [0.2, 0.25) is 0 Å². The molecule has 0 fully saturated rings. The number of nitrogens with zero attached hydrogens (tertiary/aromatic N) is 2. The van der Waals surface area contributed by atoms with Gasteiger partial charge in [0.1, 0.15) is 11.5 Å². The summed E-state index contributed by atoms with van der Waals surface area (Å²) in [5, 5.41) is 10.6. The predicted molar refractivity (Wildman–Crippen MR) is 58.9 cm³/mol. The molecule has 0 saturated carbocycles. The average Bonchev–Trinajstić information content (AvgIpc) is 2.37. The highest BCUT2D eigenvalue weighted by Gasteiger charge is 2.23. The van der Waals surface area contributed by atoms with E-state index in [2.05, 4.69) is 15.7 Å². The summed E-state index contributed by atoms with van der Waals surface area (Å²) in [7, 11) is 1.88. The Bertz CT molecular complexity index is 396.